The first-order valence-corrected chi connectivity index (χ1v) is 7.98. The van der Waals surface area contributed by atoms with E-state index in [9.17, 15) is 9.90 Å². The highest BCUT2D eigenvalue weighted by molar-refractivity contribution is 8.16. The first kappa shape index (κ1) is 14.9. The van der Waals surface area contributed by atoms with Gasteiger partial charge in [-0.25, -0.2) is 0 Å². The number of rotatable bonds is 3. The van der Waals surface area contributed by atoms with E-state index in [0.717, 1.165) is 24.4 Å². The van der Waals surface area contributed by atoms with Crippen LogP contribution in [0.25, 0.3) is 0 Å². The van der Waals surface area contributed by atoms with Crippen molar-refractivity contribution in [3.8, 4) is 0 Å². The van der Waals surface area contributed by atoms with Gasteiger partial charge in [-0.05, 0) is 25.7 Å². The number of carbonyl (C=O) groups excluding carboxylic acids is 1. The summed E-state index contributed by atoms with van der Waals surface area (Å²) in [5, 5.41) is 13.5. The van der Waals surface area contributed by atoms with E-state index in [0.29, 0.717) is 6.54 Å². The van der Waals surface area contributed by atoms with Crippen LogP contribution in [0.5, 0.6) is 0 Å². The van der Waals surface area contributed by atoms with Crippen LogP contribution in [-0.2, 0) is 4.79 Å². The second-order valence-corrected chi connectivity index (χ2v) is 7.51. The van der Waals surface area contributed by atoms with Gasteiger partial charge < -0.3 is 10.4 Å². The molecule has 1 aliphatic carbocycles. The molecule has 2 fully saturated rings. The Morgan fingerprint density at radius 2 is 2.16 bits per heavy atom. The van der Waals surface area contributed by atoms with Crippen LogP contribution in [0.3, 0.4) is 0 Å². The van der Waals surface area contributed by atoms with Crippen LogP contribution in [0.4, 0.5) is 0 Å². The van der Waals surface area contributed by atoms with E-state index in [2.05, 4.69) is 24.2 Å². The lowest BCUT2D eigenvalue weighted by atomic mass is 9.87. The quantitative estimate of drug-likeness (QED) is 0.835. The molecule has 0 spiro atoms. The molecule has 3 atom stereocenters. The van der Waals surface area contributed by atoms with Crippen molar-refractivity contribution in [2.45, 2.75) is 57.3 Å². The predicted octanol–water partition coefficient (Wildman–Crippen LogP) is 2.17. The number of nitrogens with zero attached hydrogens (tertiary/aromatic N) is 1. The smallest absolute Gasteiger partial charge is 0.242 e. The van der Waals surface area contributed by atoms with Gasteiger partial charge in [-0.2, -0.15) is 0 Å². The summed E-state index contributed by atoms with van der Waals surface area (Å²) < 4.78 is -0.413. The summed E-state index contributed by atoms with van der Waals surface area (Å²) in [5.74, 6) is 0.575. The Labute approximate surface area is 119 Å². The van der Waals surface area contributed by atoms with Crippen molar-refractivity contribution in [3.63, 3.8) is 0 Å². The molecule has 5 heteroatoms. The van der Waals surface area contributed by atoms with Crippen molar-refractivity contribution in [2.24, 2.45) is 16.8 Å². The van der Waals surface area contributed by atoms with Gasteiger partial charge in [-0.15, -0.1) is 0 Å². The molecular formula is C14H24N2O2S. The monoisotopic (exact) mass is 284 g/mol. The minimum atomic E-state index is -0.413. The number of carbonyl (C=O) groups is 1. The SMILES string of the molecule is CC(C)C1(C)SC(=NCC2CCCCC2O)NC1=O. The first-order chi connectivity index (χ1) is 8.93. The maximum absolute atomic E-state index is 12.0. The van der Waals surface area contributed by atoms with Gasteiger partial charge in [0.1, 0.15) is 4.75 Å². The Hall–Kier alpha value is -0.550. The Morgan fingerprint density at radius 3 is 2.74 bits per heavy atom. The zero-order chi connectivity index (χ0) is 14.0. The van der Waals surface area contributed by atoms with Crippen molar-refractivity contribution in [1.82, 2.24) is 5.32 Å². The molecule has 2 rings (SSSR count). The van der Waals surface area contributed by atoms with Crippen molar-refractivity contribution >= 4 is 22.8 Å². The molecule has 4 nitrogen and oxygen atoms in total. The van der Waals surface area contributed by atoms with E-state index >= 15 is 0 Å². The second-order valence-electron chi connectivity index (χ2n) is 6.08. The van der Waals surface area contributed by atoms with Crippen LogP contribution in [0.1, 0.15) is 46.5 Å². The van der Waals surface area contributed by atoms with Crippen LogP contribution in [0.15, 0.2) is 4.99 Å². The summed E-state index contributed by atoms with van der Waals surface area (Å²) in [6.07, 6.45) is 3.99. The Morgan fingerprint density at radius 1 is 1.47 bits per heavy atom. The minimum Gasteiger partial charge on any atom is -0.393 e. The largest absolute Gasteiger partial charge is 0.393 e. The lowest BCUT2D eigenvalue weighted by Crippen LogP contribution is -2.38. The number of aliphatic hydroxyl groups is 1. The van der Waals surface area contributed by atoms with Gasteiger partial charge in [0.05, 0.1) is 6.10 Å². The molecule has 1 amide bonds. The average Bonchev–Trinajstić information content (AvgIpc) is 2.65. The third-order valence-electron chi connectivity index (χ3n) is 4.42. The standard InChI is InChI=1S/C14H24N2O2S/c1-9(2)14(3)12(18)16-13(19-14)15-8-10-6-4-5-7-11(10)17/h9-11,17H,4-8H2,1-3H3,(H,15,16,18). The fraction of sp³-hybridized carbons (Fsp3) is 0.857. The zero-order valence-electron chi connectivity index (χ0n) is 12.0. The molecule has 1 heterocycles. The molecule has 0 bridgehead atoms. The number of nitrogens with one attached hydrogen (secondary N) is 1. The molecule has 0 aromatic rings. The molecule has 108 valence electrons. The van der Waals surface area contributed by atoms with Crippen molar-refractivity contribution < 1.29 is 9.90 Å². The second kappa shape index (κ2) is 5.83. The van der Waals surface area contributed by atoms with E-state index in [1.807, 2.05) is 6.92 Å². The highest BCUT2D eigenvalue weighted by atomic mass is 32.2. The number of amidine groups is 1. The number of aliphatic hydroxyl groups excluding tert-OH is 1. The van der Waals surface area contributed by atoms with E-state index in [1.165, 1.54) is 18.2 Å². The number of hydrogen-bond acceptors (Lipinski definition) is 4. The van der Waals surface area contributed by atoms with Crippen molar-refractivity contribution in [2.75, 3.05) is 6.54 Å². The topological polar surface area (TPSA) is 61.7 Å². The number of amides is 1. The summed E-state index contributed by atoms with van der Waals surface area (Å²) in [5.41, 5.74) is 0. The minimum absolute atomic E-state index is 0.0513. The molecule has 1 aliphatic heterocycles. The molecule has 2 N–H and O–H groups in total. The molecule has 0 aromatic carbocycles. The van der Waals surface area contributed by atoms with Gasteiger partial charge in [0.25, 0.3) is 0 Å². The normalized spacial score (nSPS) is 37.9. The molecule has 1 saturated carbocycles. The predicted molar refractivity (Wildman–Crippen MR) is 79.2 cm³/mol. The Bertz CT molecular complexity index is 384. The van der Waals surface area contributed by atoms with E-state index < -0.39 is 4.75 Å². The summed E-state index contributed by atoms with van der Waals surface area (Å²) in [6, 6.07) is 0. The van der Waals surface area contributed by atoms with Crippen LogP contribution in [0.2, 0.25) is 0 Å². The molecule has 0 aromatic heterocycles. The first-order valence-electron chi connectivity index (χ1n) is 7.16. The maximum atomic E-state index is 12.0. The van der Waals surface area contributed by atoms with Gasteiger partial charge in [0, 0.05) is 12.5 Å². The Balaban J connectivity index is 1.96. The summed E-state index contributed by atoms with van der Waals surface area (Å²) in [6.45, 7) is 6.70. The maximum Gasteiger partial charge on any atom is 0.242 e. The van der Waals surface area contributed by atoms with Crippen LogP contribution < -0.4 is 5.32 Å². The van der Waals surface area contributed by atoms with Gasteiger partial charge in [-0.3, -0.25) is 9.79 Å². The van der Waals surface area contributed by atoms with Gasteiger partial charge in [0.15, 0.2) is 5.17 Å². The molecule has 0 radical (unpaired) electrons. The van der Waals surface area contributed by atoms with Crippen LogP contribution in [-0.4, -0.2) is 33.6 Å². The number of aliphatic imine (C=N–C) groups is 1. The highest BCUT2D eigenvalue weighted by Gasteiger charge is 2.44. The fourth-order valence-electron chi connectivity index (χ4n) is 2.55. The van der Waals surface area contributed by atoms with Crippen molar-refractivity contribution in [1.29, 1.82) is 0 Å². The molecular weight excluding hydrogens is 260 g/mol. The molecule has 3 unspecified atom stereocenters. The number of hydrogen-bond donors (Lipinski definition) is 2. The van der Waals surface area contributed by atoms with Crippen LogP contribution >= 0.6 is 11.8 Å². The fourth-order valence-corrected chi connectivity index (χ4v) is 3.61. The molecule has 19 heavy (non-hydrogen) atoms. The number of thioether (sulfide) groups is 1. The van der Waals surface area contributed by atoms with E-state index in [1.54, 1.807) is 0 Å². The molecule has 2 aliphatic rings. The van der Waals surface area contributed by atoms with Crippen LogP contribution in [0, 0.1) is 11.8 Å². The third kappa shape index (κ3) is 3.14. The average molecular weight is 284 g/mol. The summed E-state index contributed by atoms with van der Waals surface area (Å²) in [7, 11) is 0. The van der Waals surface area contributed by atoms with Gasteiger partial charge in [-0.1, -0.05) is 38.5 Å². The highest BCUT2D eigenvalue weighted by Crippen LogP contribution is 2.38. The lowest BCUT2D eigenvalue weighted by Gasteiger charge is -2.26. The van der Waals surface area contributed by atoms with E-state index in [-0.39, 0.29) is 23.8 Å². The summed E-state index contributed by atoms with van der Waals surface area (Å²) in [4.78, 5) is 16.5. The third-order valence-corrected chi connectivity index (χ3v) is 5.93. The van der Waals surface area contributed by atoms with Gasteiger partial charge >= 0.3 is 0 Å². The summed E-state index contributed by atoms with van der Waals surface area (Å²) >= 11 is 1.53. The van der Waals surface area contributed by atoms with Gasteiger partial charge in [0.2, 0.25) is 5.91 Å². The van der Waals surface area contributed by atoms with E-state index in [4.69, 9.17) is 0 Å². The lowest BCUT2D eigenvalue weighted by molar-refractivity contribution is -0.122. The Kier molecular flexibility index (Phi) is 4.56. The molecule has 1 saturated heterocycles. The van der Waals surface area contributed by atoms with Crippen molar-refractivity contribution in [3.05, 3.63) is 0 Å². The zero-order valence-corrected chi connectivity index (χ0v) is 12.8.